The standard InChI is InChI=1S/C36H29N/c1-35(2)29-14-8-6-12-24(29)28-21-22(17-20-31(28)35)37-32-16-10-7-13-25(32)27-19-18-26-23-11-5-9-15-30(23)36(3,4)33(26)34(27)37/h5-21H,1-4H3. The summed E-state index contributed by atoms with van der Waals surface area (Å²) in [5.41, 5.74) is 14.9. The maximum atomic E-state index is 2.53. The Kier molecular flexibility index (Phi) is 3.87. The lowest BCUT2D eigenvalue weighted by molar-refractivity contribution is 0.660. The monoisotopic (exact) mass is 475 g/mol. The van der Waals surface area contributed by atoms with Crippen molar-refractivity contribution in [2.24, 2.45) is 0 Å². The van der Waals surface area contributed by atoms with E-state index in [0.717, 1.165) is 0 Å². The van der Waals surface area contributed by atoms with Gasteiger partial charge in [0.1, 0.15) is 0 Å². The minimum absolute atomic E-state index is 0.0101. The van der Waals surface area contributed by atoms with Gasteiger partial charge in [-0.3, -0.25) is 0 Å². The van der Waals surface area contributed by atoms with Crippen molar-refractivity contribution in [2.75, 3.05) is 0 Å². The van der Waals surface area contributed by atoms with Crippen molar-refractivity contribution in [3.63, 3.8) is 0 Å². The molecular formula is C36H29N. The van der Waals surface area contributed by atoms with E-state index in [-0.39, 0.29) is 10.8 Å². The molecule has 0 aliphatic heterocycles. The Labute approximate surface area is 218 Å². The number of hydrogen-bond acceptors (Lipinski definition) is 0. The van der Waals surface area contributed by atoms with Crippen molar-refractivity contribution in [2.45, 2.75) is 38.5 Å². The maximum Gasteiger partial charge on any atom is 0.0588 e. The molecule has 0 atom stereocenters. The van der Waals surface area contributed by atoms with Crippen LogP contribution >= 0.6 is 0 Å². The number of para-hydroxylation sites is 1. The minimum Gasteiger partial charge on any atom is -0.309 e. The largest absolute Gasteiger partial charge is 0.309 e. The van der Waals surface area contributed by atoms with Crippen LogP contribution in [0.2, 0.25) is 0 Å². The smallest absolute Gasteiger partial charge is 0.0588 e. The Morgan fingerprint density at radius 1 is 0.486 bits per heavy atom. The lowest BCUT2D eigenvalue weighted by atomic mass is 9.81. The third kappa shape index (κ3) is 2.50. The van der Waals surface area contributed by atoms with Crippen LogP contribution in [-0.4, -0.2) is 4.57 Å². The van der Waals surface area contributed by atoms with E-state index in [1.807, 2.05) is 0 Å². The Morgan fingerprint density at radius 3 is 1.89 bits per heavy atom. The average molecular weight is 476 g/mol. The second-order valence-electron chi connectivity index (χ2n) is 11.8. The molecule has 178 valence electrons. The first kappa shape index (κ1) is 21.0. The highest BCUT2D eigenvalue weighted by Gasteiger charge is 2.39. The SMILES string of the molecule is CC1(C)c2ccccc2-c2cc(-n3c4ccccc4c4ccc5c(c43)C(C)(C)c3ccccc3-5)ccc21. The molecule has 8 rings (SSSR count). The normalized spacial score (nSPS) is 16.0. The van der Waals surface area contributed by atoms with Gasteiger partial charge in [0.25, 0.3) is 0 Å². The van der Waals surface area contributed by atoms with E-state index in [9.17, 15) is 0 Å². The molecule has 1 nitrogen and oxygen atoms in total. The van der Waals surface area contributed by atoms with Crippen LogP contribution in [0.25, 0.3) is 49.7 Å². The Hall–Kier alpha value is -4.10. The van der Waals surface area contributed by atoms with E-state index in [2.05, 4.69) is 135 Å². The second-order valence-corrected chi connectivity index (χ2v) is 11.8. The van der Waals surface area contributed by atoms with Crippen LogP contribution in [0, 0.1) is 0 Å². The van der Waals surface area contributed by atoms with E-state index in [0.29, 0.717) is 0 Å². The number of nitrogens with zero attached hydrogens (tertiary/aromatic N) is 1. The van der Waals surface area contributed by atoms with Crippen molar-refractivity contribution in [1.29, 1.82) is 0 Å². The van der Waals surface area contributed by atoms with Crippen LogP contribution in [0.1, 0.15) is 49.9 Å². The zero-order valence-electron chi connectivity index (χ0n) is 21.8. The molecule has 6 aromatic rings. The van der Waals surface area contributed by atoms with Gasteiger partial charge in [-0.2, -0.15) is 0 Å². The molecule has 0 bridgehead atoms. The molecule has 0 fully saturated rings. The van der Waals surface area contributed by atoms with E-state index in [4.69, 9.17) is 0 Å². The van der Waals surface area contributed by atoms with Gasteiger partial charge in [-0.25, -0.2) is 0 Å². The Bertz CT molecular complexity index is 1930. The van der Waals surface area contributed by atoms with Crippen molar-refractivity contribution in [3.8, 4) is 27.9 Å². The van der Waals surface area contributed by atoms with Crippen molar-refractivity contribution < 1.29 is 0 Å². The van der Waals surface area contributed by atoms with Gasteiger partial charge in [0.05, 0.1) is 11.0 Å². The van der Waals surface area contributed by atoms with Crippen LogP contribution in [0.5, 0.6) is 0 Å². The van der Waals surface area contributed by atoms with Crippen LogP contribution in [0.15, 0.2) is 103 Å². The van der Waals surface area contributed by atoms with Gasteiger partial charge in [0.2, 0.25) is 0 Å². The van der Waals surface area contributed by atoms with E-state index < -0.39 is 0 Å². The Balaban J connectivity index is 1.50. The number of aromatic nitrogens is 1. The van der Waals surface area contributed by atoms with Gasteiger partial charge in [-0.1, -0.05) is 113 Å². The lowest BCUT2D eigenvalue weighted by Gasteiger charge is -2.24. The first-order chi connectivity index (χ1) is 17.9. The molecule has 1 heterocycles. The molecule has 0 radical (unpaired) electrons. The third-order valence-corrected chi connectivity index (χ3v) is 9.18. The quantitative estimate of drug-likeness (QED) is 0.223. The molecular weight excluding hydrogens is 446 g/mol. The van der Waals surface area contributed by atoms with Crippen LogP contribution in [-0.2, 0) is 10.8 Å². The predicted octanol–water partition coefficient (Wildman–Crippen LogP) is 9.40. The summed E-state index contributed by atoms with van der Waals surface area (Å²) in [4.78, 5) is 0. The fourth-order valence-electron chi connectivity index (χ4n) is 7.43. The van der Waals surface area contributed by atoms with E-state index in [1.165, 1.54) is 72.0 Å². The summed E-state index contributed by atoms with van der Waals surface area (Å²) < 4.78 is 2.53. The highest BCUT2D eigenvalue weighted by molar-refractivity contribution is 6.13. The van der Waals surface area contributed by atoms with E-state index in [1.54, 1.807) is 0 Å². The molecule has 1 heteroatoms. The van der Waals surface area contributed by atoms with Crippen LogP contribution in [0.4, 0.5) is 0 Å². The van der Waals surface area contributed by atoms with E-state index >= 15 is 0 Å². The zero-order chi connectivity index (χ0) is 25.1. The fraction of sp³-hybridized carbons (Fsp3) is 0.167. The Morgan fingerprint density at radius 2 is 1.11 bits per heavy atom. The predicted molar refractivity (Wildman–Crippen MR) is 156 cm³/mol. The zero-order valence-corrected chi connectivity index (χ0v) is 21.8. The van der Waals surface area contributed by atoms with Gasteiger partial charge in [0.15, 0.2) is 0 Å². The number of rotatable bonds is 1. The maximum absolute atomic E-state index is 2.53. The third-order valence-electron chi connectivity index (χ3n) is 9.18. The number of benzene rings is 5. The van der Waals surface area contributed by atoms with Gasteiger partial charge in [-0.05, 0) is 62.7 Å². The summed E-state index contributed by atoms with van der Waals surface area (Å²) in [6.07, 6.45) is 0. The summed E-state index contributed by atoms with van der Waals surface area (Å²) in [6, 6.07) is 38.6. The molecule has 0 spiro atoms. The summed E-state index contributed by atoms with van der Waals surface area (Å²) >= 11 is 0. The summed E-state index contributed by atoms with van der Waals surface area (Å²) in [7, 11) is 0. The molecule has 37 heavy (non-hydrogen) atoms. The van der Waals surface area contributed by atoms with Gasteiger partial charge in [-0.15, -0.1) is 0 Å². The highest BCUT2D eigenvalue weighted by Crippen LogP contribution is 2.54. The minimum atomic E-state index is -0.0805. The first-order valence-corrected chi connectivity index (χ1v) is 13.3. The average Bonchev–Trinajstić information content (AvgIpc) is 3.46. The summed E-state index contributed by atoms with van der Waals surface area (Å²) in [5.74, 6) is 0. The molecule has 2 aliphatic rings. The van der Waals surface area contributed by atoms with Crippen LogP contribution in [0.3, 0.4) is 0 Å². The van der Waals surface area contributed by atoms with Crippen molar-refractivity contribution in [1.82, 2.24) is 4.57 Å². The molecule has 0 amide bonds. The highest BCUT2D eigenvalue weighted by atomic mass is 15.0. The molecule has 0 N–H and O–H groups in total. The topological polar surface area (TPSA) is 4.93 Å². The molecule has 5 aromatic carbocycles. The molecule has 0 saturated heterocycles. The number of hydrogen-bond donors (Lipinski definition) is 0. The van der Waals surface area contributed by atoms with Crippen molar-refractivity contribution >= 4 is 21.8 Å². The molecule has 0 saturated carbocycles. The molecule has 1 aromatic heterocycles. The summed E-state index contributed by atoms with van der Waals surface area (Å²) in [5, 5.41) is 2.64. The van der Waals surface area contributed by atoms with Gasteiger partial charge < -0.3 is 4.57 Å². The number of fused-ring (bicyclic) bond motifs is 10. The second kappa shape index (κ2) is 6.81. The first-order valence-electron chi connectivity index (χ1n) is 13.3. The van der Waals surface area contributed by atoms with Crippen molar-refractivity contribution in [3.05, 3.63) is 125 Å². The summed E-state index contributed by atoms with van der Waals surface area (Å²) in [6.45, 7) is 9.48. The molecule has 0 unspecified atom stereocenters. The van der Waals surface area contributed by atoms with Gasteiger partial charge >= 0.3 is 0 Å². The molecule has 2 aliphatic carbocycles. The fourth-order valence-corrected chi connectivity index (χ4v) is 7.43. The van der Waals surface area contributed by atoms with Crippen LogP contribution < -0.4 is 0 Å². The van der Waals surface area contributed by atoms with Gasteiger partial charge in [0, 0.05) is 27.3 Å². The lowest BCUT2D eigenvalue weighted by Crippen LogP contribution is -2.16.